The van der Waals surface area contributed by atoms with Crippen LogP contribution in [0.2, 0.25) is 18.1 Å². The molecule has 9 heteroatoms. The zero-order valence-corrected chi connectivity index (χ0v) is 24.4. The molecule has 1 unspecified atom stereocenters. The maximum atomic E-state index is 11.4. The van der Waals surface area contributed by atoms with Crippen LogP contribution in [-0.4, -0.2) is 67.4 Å². The monoisotopic (exact) mass is 532 g/mol. The molecule has 0 saturated carbocycles. The summed E-state index contributed by atoms with van der Waals surface area (Å²) in [4.78, 5) is 11.4. The molecule has 35 heavy (non-hydrogen) atoms. The number of rotatable bonds is 11. The molecular weight excluding hydrogens is 488 g/mol. The number of carboxylic acids is 1. The van der Waals surface area contributed by atoms with Crippen LogP contribution >= 0.6 is 11.6 Å². The minimum absolute atomic E-state index is 0.00471. The largest absolute Gasteiger partial charge is 0.481 e. The summed E-state index contributed by atoms with van der Waals surface area (Å²) in [6, 6.07) is 0. The van der Waals surface area contributed by atoms with Gasteiger partial charge in [-0.15, -0.1) is 0 Å². The van der Waals surface area contributed by atoms with Crippen molar-refractivity contribution in [2.24, 2.45) is 0 Å². The molecule has 0 amide bonds. The Morgan fingerprint density at radius 1 is 1.29 bits per heavy atom. The molecular formula is C26H45ClO7Si. The van der Waals surface area contributed by atoms with Gasteiger partial charge in [0.15, 0.2) is 14.1 Å². The van der Waals surface area contributed by atoms with E-state index in [4.69, 9.17) is 30.2 Å². The van der Waals surface area contributed by atoms with Crippen molar-refractivity contribution in [3.63, 3.8) is 0 Å². The molecule has 0 aromatic rings. The Bertz CT molecular complexity index is 787. The highest BCUT2D eigenvalue weighted by Gasteiger charge is 2.45. The lowest BCUT2D eigenvalue weighted by Crippen LogP contribution is -2.44. The first kappa shape index (κ1) is 30.5. The molecule has 2 saturated heterocycles. The van der Waals surface area contributed by atoms with Gasteiger partial charge in [-0.05, 0) is 63.7 Å². The predicted octanol–water partition coefficient (Wildman–Crippen LogP) is 5.76. The Hall–Kier alpha value is -0.743. The molecule has 2 fully saturated rings. The highest BCUT2D eigenvalue weighted by molar-refractivity contribution is 6.74. The van der Waals surface area contributed by atoms with Crippen LogP contribution in [0.25, 0.3) is 0 Å². The van der Waals surface area contributed by atoms with Gasteiger partial charge in [-0.1, -0.05) is 44.5 Å². The Balaban J connectivity index is 1.87. The molecule has 2 rings (SSSR count). The van der Waals surface area contributed by atoms with E-state index in [1.165, 1.54) is 0 Å². The number of halogens is 1. The zero-order chi connectivity index (χ0) is 26.6. The minimum atomic E-state index is -2.11. The predicted molar refractivity (Wildman–Crippen MR) is 140 cm³/mol. The van der Waals surface area contributed by atoms with Crippen LogP contribution in [-0.2, 0) is 23.4 Å². The van der Waals surface area contributed by atoms with E-state index in [1.54, 1.807) is 0 Å². The zero-order valence-electron chi connectivity index (χ0n) is 22.6. The minimum Gasteiger partial charge on any atom is -0.481 e. The van der Waals surface area contributed by atoms with E-state index in [2.05, 4.69) is 33.9 Å². The first-order valence-corrected chi connectivity index (χ1v) is 15.9. The van der Waals surface area contributed by atoms with E-state index in [0.717, 1.165) is 10.6 Å². The smallest absolute Gasteiger partial charge is 0.306 e. The average molecular weight is 533 g/mol. The van der Waals surface area contributed by atoms with Crippen LogP contribution in [0.5, 0.6) is 0 Å². The third-order valence-corrected chi connectivity index (χ3v) is 12.1. The van der Waals surface area contributed by atoms with E-state index in [1.807, 2.05) is 32.9 Å². The molecule has 0 spiro atoms. The average Bonchev–Trinajstić information content (AvgIpc) is 3.25. The van der Waals surface area contributed by atoms with Gasteiger partial charge in [-0.2, -0.15) is 0 Å². The Morgan fingerprint density at radius 2 is 1.94 bits per heavy atom. The number of ether oxygens (including phenoxy) is 3. The Morgan fingerprint density at radius 3 is 2.49 bits per heavy atom. The summed E-state index contributed by atoms with van der Waals surface area (Å²) in [5.74, 6) is -1.52. The number of hydrogen-bond acceptors (Lipinski definition) is 6. The van der Waals surface area contributed by atoms with E-state index in [0.29, 0.717) is 32.3 Å². The first-order chi connectivity index (χ1) is 16.0. The topological polar surface area (TPSA) is 94.5 Å². The summed E-state index contributed by atoms with van der Waals surface area (Å²) in [6.45, 7) is 16.7. The van der Waals surface area contributed by atoms with Gasteiger partial charge in [0.1, 0.15) is 12.2 Å². The fourth-order valence-electron chi connectivity index (χ4n) is 4.06. The molecule has 2 heterocycles. The van der Waals surface area contributed by atoms with Crippen molar-refractivity contribution in [3.05, 3.63) is 22.8 Å². The Kier molecular flexibility index (Phi) is 10.6. The fraction of sp³-hybridized carbons (Fsp3) is 0.808. The van der Waals surface area contributed by atoms with Gasteiger partial charge >= 0.3 is 5.97 Å². The van der Waals surface area contributed by atoms with Crippen molar-refractivity contribution in [1.82, 2.24) is 0 Å². The lowest BCUT2D eigenvalue weighted by molar-refractivity contribution is -0.161. The standard InChI is InChI=1S/C26H45ClO7Si/c1-17(21(15-23(29)30)34-35(7,8)25(2,3)4)10-9-11-18(27)12-13-19-14-20(28)24(32-19)22-16-31-26(5,6)33-22/h10-11,19-22,24,28H,9,12-16H2,1-8H3,(H,29,30)/b17-10-,18-11-/t19-,20-,21?,22-,24+/m1/s1. The maximum absolute atomic E-state index is 11.4. The SMILES string of the molecule is C/C(=C/C/C=C(\Cl)CC[C@@H]1C[C@@H](O)[C@@H]([C@H]2COC(C)(C)O2)O1)C(CC(=O)O)O[Si](C)(C)C(C)(C)C. The van der Waals surface area contributed by atoms with Gasteiger partial charge in [0.25, 0.3) is 0 Å². The van der Waals surface area contributed by atoms with E-state index >= 15 is 0 Å². The van der Waals surface area contributed by atoms with Crippen molar-refractivity contribution >= 4 is 25.9 Å². The van der Waals surface area contributed by atoms with Gasteiger partial charge in [0, 0.05) is 11.5 Å². The number of aliphatic carboxylic acids is 1. The summed E-state index contributed by atoms with van der Waals surface area (Å²) in [5.41, 5.74) is 0.907. The van der Waals surface area contributed by atoms with Crippen LogP contribution in [0.15, 0.2) is 22.8 Å². The second-order valence-corrected chi connectivity index (χ2v) is 17.0. The van der Waals surface area contributed by atoms with Crippen molar-refractivity contribution in [3.8, 4) is 0 Å². The number of aliphatic hydroxyl groups is 1. The highest BCUT2D eigenvalue weighted by atomic mass is 35.5. The molecule has 0 bridgehead atoms. The summed E-state index contributed by atoms with van der Waals surface area (Å²) in [7, 11) is -2.11. The molecule has 0 aromatic carbocycles. The van der Waals surface area contributed by atoms with Gasteiger partial charge in [-0.25, -0.2) is 0 Å². The molecule has 5 atom stereocenters. The molecule has 2 aliphatic rings. The molecule has 2 N–H and O–H groups in total. The summed E-state index contributed by atoms with van der Waals surface area (Å²) < 4.78 is 23.9. The van der Waals surface area contributed by atoms with Crippen LogP contribution < -0.4 is 0 Å². The molecule has 7 nitrogen and oxygen atoms in total. The van der Waals surface area contributed by atoms with Gasteiger partial charge in [0.05, 0.1) is 31.3 Å². The highest BCUT2D eigenvalue weighted by Crippen LogP contribution is 2.38. The normalized spacial score (nSPS) is 29.0. The maximum Gasteiger partial charge on any atom is 0.306 e. The summed E-state index contributed by atoms with van der Waals surface area (Å²) in [6.07, 6.45) is 4.61. The number of carboxylic acid groups (broad SMARTS) is 1. The Labute approximate surface area is 216 Å². The number of aliphatic hydroxyl groups excluding tert-OH is 1. The molecule has 0 aliphatic carbocycles. The van der Waals surface area contributed by atoms with E-state index in [9.17, 15) is 15.0 Å². The summed E-state index contributed by atoms with van der Waals surface area (Å²) in [5, 5.41) is 20.5. The fourth-order valence-corrected chi connectivity index (χ4v) is 5.59. The summed E-state index contributed by atoms with van der Waals surface area (Å²) >= 11 is 6.46. The van der Waals surface area contributed by atoms with Gasteiger partial charge < -0.3 is 28.8 Å². The van der Waals surface area contributed by atoms with Crippen LogP contribution in [0.4, 0.5) is 0 Å². The second-order valence-electron chi connectivity index (χ2n) is 11.7. The molecule has 0 aromatic heterocycles. The van der Waals surface area contributed by atoms with Gasteiger partial charge in [-0.3, -0.25) is 4.79 Å². The molecule has 0 radical (unpaired) electrons. The first-order valence-electron chi connectivity index (χ1n) is 12.6. The van der Waals surface area contributed by atoms with E-state index < -0.39 is 32.3 Å². The quantitative estimate of drug-likeness (QED) is 0.258. The number of allylic oxidation sites excluding steroid dienone is 3. The van der Waals surface area contributed by atoms with Crippen LogP contribution in [0, 0.1) is 0 Å². The van der Waals surface area contributed by atoms with Crippen LogP contribution in [0.1, 0.15) is 73.6 Å². The lowest BCUT2D eigenvalue weighted by atomic mass is 10.0. The van der Waals surface area contributed by atoms with Crippen molar-refractivity contribution in [2.45, 2.75) is 128 Å². The third kappa shape index (κ3) is 9.25. The van der Waals surface area contributed by atoms with Crippen molar-refractivity contribution in [1.29, 1.82) is 0 Å². The lowest BCUT2D eigenvalue weighted by Gasteiger charge is -2.39. The van der Waals surface area contributed by atoms with Gasteiger partial charge in [0.2, 0.25) is 0 Å². The van der Waals surface area contributed by atoms with Crippen LogP contribution in [0.3, 0.4) is 0 Å². The van der Waals surface area contributed by atoms with Crippen molar-refractivity contribution in [2.75, 3.05) is 6.61 Å². The molecule has 202 valence electrons. The van der Waals surface area contributed by atoms with E-state index in [-0.39, 0.29) is 29.8 Å². The number of carbonyl (C=O) groups is 1. The number of hydrogen-bond donors (Lipinski definition) is 2. The molecule has 2 aliphatic heterocycles. The third-order valence-electron chi connectivity index (χ3n) is 7.23. The van der Waals surface area contributed by atoms with Crippen molar-refractivity contribution < 1.29 is 33.6 Å². The second kappa shape index (κ2) is 12.2.